The fourth-order valence-corrected chi connectivity index (χ4v) is 2.02. The highest BCUT2D eigenvalue weighted by Crippen LogP contribution is 2.25. The first-order chi connectivity index (χ1) is 8.69. The van der Waals surface area contributed by atoms with Crippen molar-refractivity contribution in [2.75, 3.05) is 0 Å². The van der Waals surface area contributed by atoms with E-state index in [1.54, 1.807) is 24.5 Å². The van der Waals surface area contributed by atoms with Gasteiger partial charge in [-0.05, 0) is 24.3 Å². The van der Waals surface area contributed by atoms with Gasteiger partial charge in [-0.25, -0.2) is 4.98 Å². The molecule has 0 aliphatic carbocycles. The van der Waals surface area contributed by atoms with Crippen LogP contribution in [-0.2, 0) is 0 Å². The Balaban J connectivity index is 2.13. The average Bonchev–Trinajstić information content (AvgIpc) is 2.41. The third-order valence-corrected chi connectivity index (χ3v) is 3.18. The van der Waals surface area contributed by atoms with E-state index in [1.165, 1.54) is 11.8 Å². The molecule has 3 N–H and O–H groups in total. The molecule has 7 heteroatoms. The zero-order valence-corrected chi connectivity index (χ0v) is 10.7. The summed E-state index contributed by atoms with van der Waals surface area (Å²) in [5, 5.41) is 12.8. The third kappa shape index (κ3) is 3.12. The van der Waals surface area contributed by atoms with Gasteiger partial charge in [-0.15, -0.1) is 0 Å². The largest absolute Gasteiger partial charge is 0.409 e. The summed E-state index contributed by atoms with van der Waals surface area (Å²) < 4.78 is 0. The van der Waals surface area contributed by atoms with E-state index < -0.39 is 0 Å². The Bertz CT molecular complexity index is 556. The maximum atomic E-state index is 8.51. The normalized spacial score (nSPS) is 11.5. The Morgan fingerprint density at radius 1 is 1.22 bits per heavy atom. The number of halogens is 1. The van der Waals surface area contributed by atoms with Crippen LogP contribution in [0.1, 0.15) is 5.69 Å². The molecule has 0 bridgehead atoms. The zero-order chi connectivity index (χ0) is 13.0. The van der Waals surface area contributed by atoms with Gasteiger partial charge in [-0.2, -0.15) is 0 Å². The number of oxime groups is 1. The summed E-state index contributed by atoms with van der Waals surface area (Å²) in [4.78, 5) is 9.14. The van der Waals surface area contributed by atoms with Crippen molar-refractivity contribution in [3.63, 3.8) is 0 Å². The molecule has 0 radical (unpaired) electrons. The zero-order valence-electron chi connectivity index (χ0n) is 9.12. The van der Waals surface area contributed by atoms with Crippen molar-refractivity contribution in [3.8, 4) is 0 Å². The van der Waals surface area contributed by atoms with Crippen molar-refractivity contribution in [2.24, 2.45) is 10.9 Å². The predicted molar refractivity (Wildman–Crippen MR) is 70.1 cm³/mol. The topological polar surface area (TPSA) is 84.4 Å². The highest BCUT2D eigenvalue weighted by molar-refractivity contribution is 7.99. The predicted octanol–water partition coefficient (Wildman–Crippen LogP) is 2.38. The minimum absolute atomic E-state index is 0.0174. The van der Waals surface area contributed by atoms with E-state index in [1.807, 2.05) is 12.1 Å². The molecule has 2 rings (SSSR count). The van der Waals surface area contributed by atoms with Gasteiger partial charge in [0.2, 0.25) is 0 Å². The van der Waals surface area contributed by atoms with E-state index in [9.17, 15) is 0 Å². The maximum absolute atomic E-state index is 8.51. The molecule has 0 aromatic carbocycles. The van der Waals surface area contributed by atoms with Gasteiger partial charge in [-0.3, -0.25) is 4.98 Å². The van der Waals surface area contributed by atoms with Crippen LogP contribution in [0.25, 0.3) is 0 Å². The molecule has 0 spiro atoms. The number of nitrogens with two attached hydrogens (primary N) is 1. The molecule has 5 nitrogen and oxygen atoms in total. The van der Waals surface area contributed by atoms with Gasteiger partial charge in [-0.1, -0.05) is 28.5 Å². The van der Waals surface area contributed by atoms with Crippen LogP contribution in [0.3, 0.4) is 0 Å². The Labute approximate surface area is 113 Å². The van der Waals surface area contributed by atoms with Gasteiger partial charge >= 0.3 is 0 Å². The minimum atomic E-state index is -0.0174. The van der Waals surface area contributed by atoms with Gasteiger partial charge in [0.1, 0.15) is 10.7 Å². The second-order valence-electron chi connectivity index (χ2n) is 3.28. The molecule has 0 saturated heterocycles. The van der Waals surface area contributed by atoms with E-state index in [4.69, 9.17) is 22.5 Å². The summed E-state index contributed by atoms with van der Waals surface area (Å²) in [6, 6.07) is 7.09. The molecule has 0 saturated carbocycles. The maximum Gasteiger partial charge on any atom is 0.188 e. The van der Waals surface area contributed by atoms with Crippen molar-refractivity contribution in [1.82, 2.24) is 9.97 Å². The van der Waals surface area contributed by atoms with E-state index >= 15 is 0 Å². The Hall–Kier alpha value is -1.79. The highest BCUT2D eigenvalue weighted by atomic mass is 35.5. The highest BCUT2D eigenvalue weighted by Gasteiger charge is 2.03. The molecule has 2 aromatic rings. The molecular formula is C11H9ClN4OS. The summed E-state index contributed by atoms with van der Waals surface area (Å²) in [6.45, 7) is 0. The average molecular weight is 281 g/mol. The molecule has 2 heterocycles. The Kier molecular flexibility index (Phi) is 4.01. The number of pyridine rings is 2. The lowest BCUT2D eigenvalue weighted by atomic mass is 10.3. The smallest absolute Gasteiger partial charge is 0.188 e. The molecule has 0 atom stereocenters. The van der Waals surface area contributed by atoms with Crippen LogP contribution in [0.5, 0.6) is 0 Å². The molecule has 18 heavy (non-hydrogen) atoms. The fraction of sp³-hybridized carbons (Fsp3) is 0. The van der Waals surface area contributed by atoms with Crippen molar-refractivity contribution in [3.05, 3.63) is 47.4 Å². The van der Waals surface area contributed by atoms with Crippen LogP contribution < -0.4 is 5.73 Å². The lowest BCUT2D eigenvalue weighted by Crippen LogP contribution is -2.14. The molecule has 0 amide bonds. The third-order valence-electron chi connectivity index (χ3n) is 2.03. The number of hydrogen-bond acceptors (Lipinski definition) is 5. The van der Waals surface area contributed by atoms with Crippen molar-refractivity contribution in [2.45, 2.75) is 9.92 Å². The van der Waals surface area contributed by atoms with E-state index in [0.717, 1.165) is 9.92 Å². The number of amidine groups is 1. The number of rotatable bonds is 3. The fourth-order valence-electron chi connectivity index (χ4n) is 1.19. The molecule has 0 aliphatic heterocycles. The van der Waals surface area contributed by atoms with Crippen LogP contribution in [0, 0.1) is 0 Å². The molecule has 0 fully saturated rings. The lowest BCUT2D eigenvalue weighted by Gasteiger charge is -2.02. The Morgan fingerprint density at radius 2 is 2.06 bits per heavy atom. The summed E-state index contributed by atoms with van der Waals surface area (Å²) in [5.41, 5.74) is 5.84. The molecule has 0 unspecified atom stereocenters. The minimum Gasteiger partial charge on any atom is -0.409 e. The van der Waals surface area contributed by atoms with Crippen LogP contribution in [-0.4, -0.2) is 21.0 Å². The van der Waals surface area contributed by atoms with Crippen LogP contribution in [0.2, 0.25) is 5.02 Å². The van der Waals surface area contributed by atoms with E-state index in [0.29, 0.717) is 10.7 Å². The monoisotopic (exact) mass is 280 g/mol. The number of hydrogen-bond donors (Lipinski definition) is 2. The second kappa shape index (κ2) is 5.70. The van der Waals surface area contributed by atoms with Crippen LogP contribution >= 0.6 is 23.4 Å². The van der Waals surface area contributed by atoms with Crippen LogP contribution in [0.15, 0.2) is 51.7 Å². The molecule has 2 aromatic heterocycles. The first kappa shape index (κ1) is 12.7. The standard InChI is InChI=1S/C11H9ClN4OS/c12-7-1-4-10(15-5-7)18-8-2-3-9(14-6-8)11(13)16-17/h1-6,17H,(H2,13,16). The number of aromatic nitrogens is 2. The van der Waals surface area contributed by atoms with E-state index in [2.05, 4.69) is 15.1 Å². The van der Waals surface area contributed by atoms with Crippen molar-refractivity contribution in [1.29, 1.82) is 0 Å². The summed E-state index contributed by atoms with van der Waals surface area (Å²) in [6.07, 6.45) is 3.22. The van der Waals surface area contributed by atoms with Gasteiger partial charge < -0.3 is 10.9 Å². The van der Waals surface area contributed by atoms with Crippen molar-refractivity contribution < 1.29 is 5.21 Å². The first-order valence-electron chi connectivity index (χ1n) is 4.92. The van der Waals surface area contributed by atoms with Gasteiger partial charge in [0.05, 0.1) is 5.02 Å². The summed E-state index contributed by atoms with van der Waals surface area (Å²) in [5.74, 6) is -0.0174. The molecule has 92 valence electrons. The van der Waals surface area contributed by atoms with Crippen LogP contribution in [0.4, 0.5) is 0 Å². The van der Waals surface area contributed by atoms with Crippen molar-refractivity contribution >= 4 is 29.2 Å². The molecular weight excluding hydrogens is 272 g/mol. The lowest BCUT2D eigenvalue weighted by molar-refractivity contribution is 0.318. The van der Waals surface area contributed by atoms with Gasteiger partial charge in [0, 0.05) is 17.3 Å². The quantitative estimate of drug-likeness (QED) is 0.390. The summed E-state index contributed by atoms with van der Waals surface area (Å²) in [7, 11) is 0. The Morgan fingerprint density at radius 3 is 2.61 bits per heavy atom. The van der Waals surface area contributed by atoms with Gasteiger partial charge in [0.25, 0.3) is 0 Å². The second-order valence-corrected chi connectivity index (χ2v) is 4.81. The SMILES string of the molecule is N/C(=N/O)c1ccc(Sc2ccc(Cl)cn2)cn1. The molecule has 0 aliphatic rings. The van der Waals surface area contributed by atoms with E-state index in [-0.39, 0.29) is 5.84 Å². The summed E-state index contributed by atoms with van der Waals surface area (Å²) >= 11 is 7.20. The van der Waals surface area contributed by atoms with Gasteiger partial charge in [0.15, 0.2) is 5.84 Å². The first-order valence-corrected chi connectivity index (χ1v) is 6.12. The number of nitrogens with zero attached hydrogens (tertiary/aromatic N) is 3.